The summed E-state index contributed by atoms with van der Waals surface area (Å²) in [5, 5.41) is 0. The molecule has 15 heavy (non-hydrogen) atoms. The van der Waals surface area contributed by atoms with Crippen LogP contribution in [0.2, 0.25) is 0 Å². The van der Waals surface area contributed by atoms with Gasteiger partial charge in [0.15, 0.2) is 0 Å². The predicted octanol–water partition coefficient (Wildman–Crippen LogP) is 1.76. The maximum absolute atomic E-state index is 11.9. The molecule has 1 saturated heterocycles. The molecular weight excluding hydrogens is 188 g/mol. The normalized spacial score (nSPS) is 20.7. The van der Waals surface area contributed by atoms with E-state index in [2.05, 4.69) is 13.8 Å². The summed E-state index contributed by atoms with van der Waals surface area (Å²) < 4.78 is 0. The summed E-state index contributed by atoms with van der Waals surface area (Å²) >= 11 is 0. The molecule has 88 valence electrons. The molecule has 0 aromatic rings. The molecule has 2 N–H and O–H groups in total. The summed E-state index contributed by atoms with van der Waals surface area (Å²) in [6, 6.07) is 0. The highest BCUT2D eigenvalue weighted by molar-refractivity contribution is 5.76. The zero-order chi connectivity index (χ0) is 11.7. The maximum Gasteiger partial charge on any atom is 0.222 e. The number of carbonyl (C=O) groups is 1. The maximum atomic E-state index is 11.9. The Labute approximate surface area is 93.0 Å². The van der Waals surface area contributed by atoms with E-state index in [1.807, 2.05) is 18.7 Å². The largest absolute Gasteiger partial charge is 0.342 e. The first-order valence-electron chi connectivity index (χ1n) is 5.76. The van der Waals surface area contributed by atoms with Crippen molar-refractivity contribution in [2.75, 3.05) is 13.1 Å². The Kier molecular flexibility index (Phi) is 3.44. The van der Waals surface area contributed by atoms with Crippen LogP contribution in [-0.2, 0) is 4.79 Å². The summed E-state index contributed by atoms with van der Waals surface area (Å²) in [6.07, 6.45) is 2.47. The Morgan fingerprint density at radius 2 is 2.07 bits per heavy atom. The molecule has 0 atom stereocenters. The van der Waals surface area contributed by atoms with E-state index in [9.17, 15) is 4.79 Å². The molecule has 0 radical (unpaired) electrons. The lowest BCUT2D eigenvalue weighted by Gasteiger charge is -2.22. The molecule has 1 aliphatic heterocycles. The minimum atomic E-state index is -0.231. The van der Waals surface area contributed by atoms with Crippen LogP contribution in [0.25, 0.3) is 0 Å². The highest BCUT2D eigenvalue weighted by Gasteiger charge is 2.31. The second kappa shape index (κ2) is 4.12. The van der Waals surface area contributed by atoms with Crippen LogP contribution in [0.3, 0.4) is 0 Å². The van der Waals surface area contributed by atoms with Crippen LogP contribution in [0.5, 0.6) is 0 Å². The van der Waals surface area contributed by atoms with Crippen molar-refractivity contribution < 1.29 is 4.79 Å². The van der Waals surface area contributed by atoms with E-state index in [-0.39, 0.29) is 11.4 Å². The van der Waals surface area contributed by atoms with Gasteiger partial charge < -0.3 is 10.6 Å². The molecular formula is C12H24N2O. The molecule has 0 spiro atoms. The van der Waals surface area contributed by atoms with Crippen molar-refractivity contribution in [3.8, 4) is 0 Å². The fourth-order valence-corrected chi connectivity index (χ4v) is 1.91. The van der Waals surface area contributed by atoms with Crippen molar-refractivity contribution in [3.05, 3.63) is 0 Å². The number of nitrogens with zero attached hydrogens (tertiary/aromatic N) is 1. The van der Waals surface area contributed by atoms with Gasteiger partial charge in [0, 0.05) is 25.0 Å². The Bertz CT molecular complexity index is 240. The van der Waals surface area contributed by atoms with Crippen LogP contribution in [0.1, 0.15) is 47.0 Å². The lowest BCUT2D eigenvalue weighted by molar-refractivity contribution is -0.130. The number of amides is 1. The Morgan fingerprint density at radius 1 is 1.47 bits per heavy atom. The average molecular weight is 212 g/mol. The molecule has 1 fully saturated rings. The van der Waals surface area contributed by atoms with E-state index < -0.39 is 0 Å². The van der Waals surface area contributed by atoms with Crippen molar-refractivity contribution in [2.45, 2.75) is 52.5 Å². The van der Waals surface area contributed by atoms with Crippen molar-refractivity contribution in [1.82, 2.24) is 4.90 Å². The average Bonchev–Trinajstić information content (AvgIpc) is 2.40. The third-order valence-corrected chi connectivity index (χ3v) is 3.01. The minimum Gasteiger partial charge on any atom is -0.342 e. The van der Waals surface area contributed by atoms with E-state index >= 15 is 0 Å². The third kappa shape index (κ3) is 4.20. The molecule has 1 aliphatic rings. The first kappa shape index (κ1) is 12.5. The summed E-state index contributed by atoms with van der Waals surface area (Å²) in [5.41, 5.74) is 5.93. The fraction of sp³-hybridized carbons (Fsp3) is 0.917. The first-order chi connectivity index (χ1) is 6.70. The molecule has 0 unspecified atom stereocenters. The van der Waals surface area contributed by atoms with Gasteiger partial charge in [0.05, 0.1) is 0 Å². The van der Waals surface area contributed by atoms with E-state index in [1.165, 1.54) is 0 Å². The number of hydrogen-bond acceptors (Lipinski definition) is 2. The summed E-state index contributed by atoms with van der Waals surface area (Å²) in [4.78, 5) is 13.8. The van der Waals surface area contributed by atoms with Crippen LogP contribution >= 0.6 is 0 Å². The number of likely N-dealkylation sites (tertiary alicyclic amines) is 1. The fourth-order valence-electron chi connectivity index (χ4n) is 1.91. The van der Waals surface area contributed by atoms with Gasteiger partial charge in [0.2, 0.25) is 5.91 Å². The highest BCUT2D eigenvalue weighted by Crippen LogP contribution is 2.29. The van der Waals surface area contributed by atoms with Crippen LogP contribution in [0, 0.1) is 5.41 Å². The van der Waals surface area contributed by atoms with Crippen molar-refractivity contribution >= 4 is 5.91 Å². The Hall–Kier alpha value is -0.570. The monoisotopic (exact) mass is 212 g/mol. The SMILES string of the molecule is CC(C)(N)CCC(=O)N1CCC(C)(C)C1. The standard InChI is InChI=1S/C12H24N2O/c1-11(2)7-8-14(9-11)10(15)5-6-12(3,4)13/h5-9,13H2,1-4H3. The van der Waals surface area contributed by atoms with E-state index in [0.717, 1.165) is 25.9 Å². The van der Waals surface area contributed by atoms with Crippen molar-refractivity contribution in [1.29, 1.82) is 0 Å². The van der Waals surface area contributed by atoms with Crippen LogP contribution < -0.4 is 5.73 Å². The lowest BCUT2D eigenvalue weighted by atomic mass is 9.93. The molecule has 0 aromatic heterocycles. The predicted molar refractivity (Wildman–Crippen MR) is 62.5 cm³/mol. The molecule has 1 rings (SSSR count). The Balaban J connectivity index is 2.37. The van der Waals surface area contributed by atoms with E-state index in [1.54, 1.807) is 0 Å². The van der Waals surface area contributed by atoms with Crippen LogP contribution in [-0.4, -0.2) is 29.4 Å². The number of rotatable bonds is 3. The molecule has 3 nitrogen and oxygen atoms in total. The number of nitrogens with two attached hydrogens (primary N) is 1. The van der Waals surface area contributed by atoms with Gasteiger partial charge in [-0.1, -0.05) is 13.8 Å². The summed E-state index contributed by atoms with van der Waals surface area (Å²) in [7, 11) is 0. The van der Waals surface area contributed by atoms with Gasteiger partial charge >= 0.3 is 0 Å². The number of carbonyl (C=O) groups excluding carboxylic acids is 1. The molecule has 0 aromatic carbocycles. The highest BCUT2D eigenvalue weighted by atomic mass is 16.2. The van der Waals surface area contributed by atoms with Crippen molar-refractivity contribution in [3.63, 3.8) is 0 Å². The number of hydrogen-bond donors (Lipinski definition) is 1. The zero-order valence-corrected chi connectivity index (χ0v) is 10.5. The molecule has 1 heterocycles. The van der Waals surface area contributed by atoms with Gasteiger partial charge in [-0.25, -0.2) is 0 Å². The summed E-state index contributed by atoms with van der Waals surface area (Å²) in [6.45, 7) is 10.2. The smallest absolute Gasteiger partial charge is 0.222 e. The topological polar surface area (TPSA) is 46.3 Å². The van der Waals surface area contributed by atoms with E-state index in [0.29, 0.717) is 11.8 Å². The van der Waals surface area contributed by atoms with Gasteiger partial charge in [-0.3, -0.25) is 4.79 Å². The second-order valence-electron chi connectivity index (χ2n) is 6.22. The van der Waals surface area contributed by atoms with Crippen molar-refractivity contribution in [2.24, 2.45) is 11.1 Å². The van der Waals surface area contributed by atoms with Gasteiger partial charge in [-0.15, -0.1) is 0 Å². The van der Waals surface area contributed by atoms with Crippen LogP contribution in [0.15, 0.2) is 0 Å². The molecule has 0 saturated carbocycles. The summed E-state index contributed by atoms with van der Waals surface area (Å²) in [5.74, 6) is 0.263. The Morgan fingerprint density at radius 3 is 2.47 bits per heavy atom. The second-order valence-corrected chi connectivity index (χ2v) is 6.22. The molecule has 0 aliphatic carbocycles. The van der Waals surface area contributed by atoms with Gasteiger partial charge in [0.25, 0.3) is 0 Å². The van der Waals surface area contributed by atoms with Crippen LogP contribution in [0.4, 0.5) is 0 Å². The van der Waals surface area contributed by atoms with Gasteiger partial charge in [-0.2, -0.15) is 0 Å². The molecule has 0 bridgehead atoms. The quantitative estimate of drug-likeness (QED) is 0.775. The minimum absolute atomic E-state index is 0.231. The molecule has 1 amide bonds. The third-order valence-electron chi connectivity index (χ3n) is 3.01. The van der Waals surface area contributed by atoms with E-state index in [4.69, 9.17) is 5.73 Å². The molecule has 3 heteroatoms. The van der Waals surface area contributed by atoms with Gasteiger partial charge in [-0.05, 0) is 32.1 Å². The lowest BCUT2D eigenvalue weighted by Crippen LogP contribution is -2.36. The zero-order valence-electron chi connectivity index (χ0n) is 10.5. The first-order valence-corrected chi connectivity index (χ1v) is 5.76. The van der Waals surface area contributed by atoms with Gasteiger partial charge in [0.1, 0.15) is 0 Å².